The number of alkyl halides is 3. The largest absolute Gasteiger partial charge is 0.433 e. The molecule has 3 aromatic rings. The molecular weight excluding hydrogens is 509 g/mol. The number of aliphatic hydroxyl groups is 1. The molecule has 0 aliphatic carbocycles. The van der Waals surface area contributed by atoms with Crippen molar-refractivity contribution in [2.75, 3.05) is 17.9 Å². The Balaban J connectivity index is 2.13. The summed E-state index contributed by atoms with van der Waals surface area (Å²) in [5.41, 5.74) is -1.59. The molecule has 0 unspecified atom stereocenters. The van der Waals surface area contributed by atoms with Gasteiger partial charge in [-0.05, 0) is 42.3 Å². The number of nitrogens with zero attached hydrogens (tertiary/aromatic N) is 3. The second-order valence-corrected chi connectivity index (χ2v) is 9.17. The molecule has 3 rings (SSSR count). The van der Waals surface area contributed by atoms with Gasteiger partial charge in [0.1, 0.15) is 11.5 Å². The van der Waals surface area contributed by atoms with E-state index in [1.54, 1.807) is 18.2 Å². The zero-order valence-electron chi connectivity index (χ0n) is 17.9. The van der Waals surface area contributed by atoms with Gasteiger partial charge in [0.2, 0.25) is 0 Å². The Labute approximate surface area is 204 Å². The van der Waals surface area contributed by atoms with Crippen LogP contribution >= 0.6 is 11.6 Å². The fourth-order valence-electron chi connectivity index (χ4n) is 3.05. The molecule has 0 saturated carbocycles. The minimum atomic E-state index is -4.77. The summed E-state index contributed by atoms with van der Waals surface area (Å²) in [7, 11) is -4.27. The third kappa shape index (κ3) is 6.46. The Hall–Kier alpha value is -3.24. The zero-order valence-corrected chi connectivity index (χ0v) is 19.5. The Morgan fingerprint density at radius 2 is 1.94 bits per heavy atom. The van der Waals surface area contributed by atoms with Crippen LogP contribution in [0.15, 0.2) is 53.7 Å². The minimum Gasteiger partial charge on any atom is -0.396 e. The van der Waals surface area contributed by atoms with Crippen LogP contribution in [0.25, 0.3) is 11.1 Å². The van der Waals surface area contributed by atoms with E-state index in [1.807, 2.05) is 0 Å². The number of halogens is 4. The first-order valence-corrected chi connectivity index (χ1v) is 11.9. The van der Waals surface area contributed by atoms with E-state index in [4.69, 9.17) is 21.4 Å². The molecule has 0 aliphatic rings. The number of hydrogen-bond acceptors (Lipinski definition) is 7. The van der Waals surface area contributed by atoms with Crippen molar-refractivity contribution in [2.24, 2.45) is 0 Å². The molecule has 13 heteroatoms. The van der Waals surface area contributed by atoms with Gasteiger partial charge in [0.15, 0.2) is 0 Å². The van der Waals surface area contributed by atoms with Crippen LogP contribution < -0.4 is 4.72 Å². The fourth-order valence-corrected chi connectivity index (χ4v) is 4.58. The lowest BCUT2D eigenvalue weighted by atomic mass is 10.0. The van der Waals surface area contributed by atoms with Gasteiger partial charge in [-0.1, -0.05) is 17.7 Å². The van der Waals surface area contributed by atoms with E-state index >= 15 is 0 Å². The molecule has 0 atom stereocenters. The predicted molar refractivity (Wildman–Crippen MR) is 121 cm³/mol. The standard InChI is InChI=1S/C22H18ClF3N4O4S/c23-18-8-15(13-34-7-3-6-31)19(35(32,33)30-21-4-1-2-5-28-21)10-16(18)17-12-29-20(22(24,25)26)9-14(17)11-27/h1-2,4-5,8-10,12,31H,3,6-7,13H2,(H,28,30). The molecule has 0 spiro atoms. The molecule has 2 aromatic heterocycles. The molecule has 0 amide bonds. The Bertz CT molecular complexity index is 1350. The third-order valence-electron chi connectivity index (χ3n) is 4.65. The number of aliphatic hydroxyl groups excluding tert-OH is 1. The molecule has 0 radical (unpaired) electrons. The van der Waals surface area contributed by atoms with Crippen LogP contribution in [0.5, 0.6) is 0 Å². The van der Waals surface area contributed by atoms with Gasteiger partial charge in [-0.3, -0.25) is 9.71 Å². The van der Waals surface area contributed by atoms with Gasteiger partial charge in [-0.15, -0.1) is 0 Å². The van der Waals surface area contributed by atoms with Crippen molar-refractivity contribution in [2.45, 2.75) is 24.1 Å². The molecule has 35 heavy (non-hydrogen) atoms. The number of sulfonamides is 1. The van der Waals surface area contributed by atoms with Gasteiger partial charge in [0, 0.05) is 41.8 Å². The van der Waals surface area contributed by atoms with E-state index in [1.165, 1.54) is 18.3 Å². The summed E-state index contributed by atoms with van der Waals surface area (Å²) < 4.78 is 73.4. The van der Waals surface area contributed by atoms with E-state index < -0.39 is 21.9 Å². The Morgan fingerprint density at radius 3 is 2.57 bits per heavy atom. The van der Waals surface area contributed by atoms with Crippen molar-refractivity contribution in [3.05, 3.63) is 70.6 Å². The number of nitriles is 1. The SMILES string of the molecule is N#Cc1cc(C(F)(F)F)ncc1-c1cc(S(=O)(=O)Nc2ccccn2)c(COCCCO)cc1Cl. The van der Waals surface area contributed by atoms with E-state index in [9.17, 15) is 26.9 Å². The normalized spacial score (nSPS) is 11.8. The van der Waals surface area contributed by atoms with E-state index in [0.717, 1.165) is 12.3 Å². The number of nitrogens with one attached hydrogen (secondary N) is 1. The van der Waals surface area contributed by atoms with Crippen molar-refractivity contribution in [3.8, 4) is 17.2 Å². The van der Waals surface area contributed by atoms with Crippen molar-refractivity contribution in [1.29, 1.82) is 5.26 Å². The van der Waals surface area contributed by atoms with Crippen molar-refractivity contribution in [1.82, 2.24) is 9.97 Å². The molecule has 2 heterocycles. The molecule has 1 aromatic carbocycles. The summed E-state index contributed by atoms with van der Waals surface area (Å²) in [6, 6.07) is 9.28. The Kier molecular flexibility index (Phi) is 8.29. The second kappa shape index (κ2) is 11.0. The van der Waals surface area contributed by atoms with Gasteiger partial charge in [-0.2, -0.15) is 18.4 Å². The minimum absolute atomic E-state index is 0.00931. The first kappa shape index (κ1) is 26.4. The summed E-state index contributed by atoms with van der Waals surface area (Å²) in [6.45, 7) is -0.163. The van der Waals surface area contributed by atoms with Gasteiger partial charge in [0.05, 0.1) is 23.1 Å². The lowest BCUT2D eigenvalue weighted by molar-refractivity contribution is -0.141. The maximum atomic E-state index is 13.2. The molecule has 8 nitrogen and oxygen atoms in total. The molecule has 2 N–H and O–H groups in total. The van der Waals surface area contributed by atoms with E-state index in [-0.39, 0.29) is 57.8 Å². The van der Waals surface area contributed by atoms with Crippen LogP contribution in [-0.4, -0.2) is 36.7 Å². The number of benzene rings is 1. The number of rotatable bonds is 9. The van der Waals surface area contributed by atoms with Crippen molar-refractivity contribution >= 4 is 27.4 Å². The summed E-state index contributed by atoms with van der Waals surface area (Å²) in [6.07, 6.45) is -2.24. The zero-order chi connectivity index (χ0) is 25.6. The summed E-state index contributed by atoms with van der Waals surface area (Å²) in [4.78, 5) is 7.02. The van der Waals surface area contributed by atoms with E-state index in [0.29, 0.717) is 12.5 Å². The Morgan fingerprint density at radius 1 is 1.17 bits per heavy atom. The maximum absolute atomic E-state index is 13.2. The van der Waals surface area contributed by atoms with Crippen molar-refractivity contribution in [3.63, 3.8) is 0 Å². The van der Waals surface area contributed by atoms with Gasteiger partial charge < -0.3 is 9.84 Å². The average Bonchev–Trinajstić information content (AvgIpc) is 2.81. The molecule has 0 fully saturated rings. The second-order valence-electron chi connectivity index (χ2n) is 7.11. The van der Waals surface area contributed by atoms with Crippen LogP contribution in [0.4, 0.5) is 19.0 Å². The number of anilines is 1. The fraction of sp³-hybridized carbons (Fsp3) is 0.227. The van der Waals surface area contributed by atoms with Crippen LogP contribution in [0.3, 0.4) is 0 Å². The highest BCUT2D eigenvalue weighted by atomic mass is 35.5. The van der Waals surface area contributed by atoms with Gasteiger partial charge in [0.25, 0.3) is 10.0 Å². The summed E-state index contributed by atoms with van der Waals surface area (Å²) in [5.74, 6) is 0.0325. The lowest BCUT2D eigenvalue weighted by Gasteiger charge is -2.16. The number of ether oxygens (including phenoxy) is 1. The van der Waals surface area contributed by atoms with Gasteiger partial charge in [-0.25, -0.2) is 13.4 Å². The highest BCUT2D eigenvalue weighted by Gasteiger charge is 2.33. The van der Waals surface area contributed by atoms with Gasteiger partial charge >= 0.3 is 6.18 Å². The molecule has 0 bridgehead atoms. The van der Waals surface area contributed by atoms with Crippen LogP contribution in [0, 0.1) is 11.3 Å². The maximum Gasteiger partial charge on any atom is 0.433 e. The smallest absolute Gasteiger partial charge is 0.396 e. The first-order chi connectivity index (χ1) is 16.6. The van der Waals surface area contributed by atoms with E-state index in [2.05, 4.69) is 14.7 Å². The monoisotopic (exact) mass is 526 g/mol. The highest BCUT2D eigenvalue weighted by molar-refractivity contribution is 7.92. The third-order valence-corrected chi connectivity index (χ3v) is 6.40. The number of aromatic nitrogens is 2. The molecular formula is C22H18ClF3N4O4S. The molecule has 184 valence electrons. The topological polar surface area (TPSA) is 125 Å². The number of hydrogen-bond donors (Lipinski definition) is 2. The van der Waals surface area contributed by atoms with Crippen LogP contribution in [0.2, 0.25) is 5.02 Å². The quantitative estimate of drug-likeness (QED) is 0.396. The first-order valence-electron chi connectivity index (χ1n) is 9.99. The van der Waals surface area contributed by atoms with Crippen LogP contribution in [0.1, 0.15) is 23.2 Å². The number of pyridine rings is 2. The molecule has 0 saturated heterocycles. The van der Waals surface area contributed by atoms with Crippen molar-refractivity contribution < 1.29 is 31.4 Å². The predicted octanol–water partition coefficient (Wildman–Crippen LogP) is 4.39. The lowest BCUT2D eigenvalue weighted by Crippen LogP contribution is -2.17. The molecule has 0 aliphatic heterocycles. The highest BCUT2D eigenvalue weighted by Crippen LogP contribution is 2.37. The average molecular weight is 527 g/mol. The van der Waals surface area contributed by atoms with Crippen LogP contribution in [-0.2, 0) is 27.5 Å². The summed E-state index contributed by atoms with van der Waals surface area (Å²) in [5, 5.41) is 18.3. The summed E-state index contributed by atoms with van der Waals surface area (Å²) >= 11 is 6.36.